The second-order valence-electron chi connectivity index (χ2n) is 7.87. The smallest absolute Gasteiger partial charge is 0.225 e. The van der Waals surface area contributed by atoms with Gasteiger partial charge in [0.05, 0.1) is 36.0 Å². The summed E-state index contributed by atoms with van der Waals surface area (Å²) in [4.78, 5) is 20.1. The van der Waals surface area contributed by atoms with E-state index in [0.29, 0.717) is 25.0 Å². The van der Waals surface area contributed by atoms with Crippen molar-refractivity contribution in [3.05, 3.63) is 42.6 Å². The van der Waals surface area contributed by atoms with Gasteiger partial charge in [-0.05, 0) is 31.7 Å². The standard InChI is InChI=1S/C22H25N5O3/c28-16-11-18-19(25-13-16)12-21(27-7-9-29-10-8-27)26-22(18)30-17-3-1-15(2-4-17)20-14-23-5-6-24-20/h5-6,11-15,17,28H,1-4,7-10H2. The Morgan fingerprint density at radius 1 is 1.00 bits per heavy atom. The highest BCUT2D eigenvalue weighted by atomic mass is 16.5. The summed E-state index contributed by atoms with van der Waals surface area (Å²) < 4.78 is 11.8. The Morgan fingerprint density at radius 2 is 1.83 bits per heavy atom. The Labute approximate surface area is 174 Å². The first-order valence-electron chi connectivity index (χ1n) is 10.5. The minimum Gasteiger partial charge on any atom is -0.506 e. The molecule has 0 amide bonds. The number of ether oxygens (including phenoxy) is 2. The van der Waals surface area contributed by atoms with Crippen LogP contribution in [-0.4, -0.2) is 57.4 Å². The number of rotatable bonds is 4. The van der Waals surface area contributed by atoms with Crippen LogP contribution in [0.4, 0.5) is 5.82 Å². The van der Waals surface area contributed by atoms with Gasteiger partial charge >= 0.3 is 0 Å². The summed E-state index contributed by atoms with van der Waals surface area (Å²) in [6.07, 6.45) is 10.7. The minimum atomic E-state index is 0.0795. The molecular formula is C22H25N5O3. The summed E-state index contributed by atoms with van der Waals surface area (Å²) >= 11 is 0. The Hall–Kier alpha value is -3.00. The average Bonchev–Trinajstić information content (AvgIpc) is 2.81. The van der Waals surface area contributed by atoms with Crippen LogP contribution in [0.25, 0.3) is 10.9 Å². The molecule has 1 aliphatic carbocycles. The third kappa shape index (κ3) is 4.00. The molecule has 156 valence electrons. The van der Waals surface area contributed by atoms with Crippen molar-refractivity contribution in [3.63, 3.8) is 0 Å². The van der Waals surface area contributed by atoms with E-state index in [1.54, 1.807) is 18.5 Å². The lowest BCUT2D eigenvalue weighted by atomic mass is 9.85. The normalized spacial score (nSPS) is 22.2. The van der Waals surface area contributed by atoms with E-state index in [-0.39, 0.29) is 11.9 Å². The lowest BCUT2D eigenvalue weighted by molar-refractivity contribution is 0.122. The summed E-state index contributed by atoms with van der Waals surface area (Å²) in [5.74, 6) is 1.92. The average molecular weight is 407 g/mol. The molecule has 1 aliphatic heterocycles. The molecule has 1 saturated heterocycles. The molecule has 2 aliphatic rings. The van der Waals surface area contributed by atoms with Gasteiger partial charge in [-0.15, -0.1) is 0 Å². The lowest BCUT2D eigenvalue weighted by Gasteiger charge is -2.30. The molecule has 1 saturated carbocycles. The Bertz CT molecular complexity index is 1000. The van der Waals surface area contributed by atoms with Crippen molar-refractivity contribution >= 4 is 16.7 Å². The van der Waals surface area contributed by atoms with Crippen LogP contribution < -0.4 is 9.64 Å². The van der Waals surface area contributed by atoms with Crippen molar-refractivity contribution < 1.29 is 14.6 Å². The van der Waals surface area contributed by atoms with Gasteiger partial charge in [0, 0.05) is 43.7 Å². The first kappa shape index (κ1) is 19.0. The molecule has 2 fully saturated rings. The third-order valence-corrected chi connectivity index (χ3v) is 5.91. The van der Waals surface area contributed by atoms with Crippen LogP contribution in [0.1, 0.15) is 37.3 Å². The lowest BCUT2D eigenvalue weighted by Crippen LogP contribution is -2.36. The maximum Gasteiger partial charge on any atom is 0.225 e. The highest BCUT2D eigenvalue weighted by molar-refractivity contribution is 5.86. The highest BCUT2D eigenvalue weighted by Crippen LogP contribution is 2.36. The van der Waals surface area contributed by atoms with E-state index >= 15 is 0 Å². The van der Waals surface area contributed by atoms with Gasteiger partial charge < -0.3 is 19.5 Å². The van der Waals surface area contributed by atoms with Gasteiger partial charge in [0.25, 0.3) is 0 Å². The third-order valence-electron chi connectivity index (χ3n) is 5.91. The molecule has 0 aromatic carbocycles. The molecule has 8 nitrogen and oxygen atoms in total. The van der Waals surface area contributed by atoms with Crippen LogP contribution in [0, 0.1) is 0 Å². The van der Waals surface area contributed by atoms with Crippen LogP contribution >= 0.6 is 0 Å². The molecule has 0 unspecified atom stereocenters. The second-order valence-corrected chi connectivity index (χ2v) is 7.87. The molecule has 0 atom stereocenters. The number of aromatic hydroxyl groups is 1. The van der Waals surface area contributed by atoms with Crippen LogP contribution in [0.15, 0.2) is 36.9 Å². The molecule has 5 rings (SSSR count). The van der Waals surface area contributed by atoms with Gasteiger partial charge in [0.2, 0.25) is 5.88 Å². The monoisotopic (exact) mass is 407 g/mol. The van der Waals surface area contributed by atoms with Gasteiger partial charge in [-0.1, -0.05) is 0 Å². The van der Waals surface area contributed by atoms with Gasteiger partial charge in [-0.25, -0.2) is 0 Å². The quantitative estimate of drug-likeness (QED) is 0.705. The SMILES string of the molecule is Oc1cnc2cc(N3CCOCC3)nc(OC3CCC(c4cnccn4)CC3)c2c1. The Balaban J connectivity index is 1.37. The largest absolute Gasteiger partial charge is 0.506 e. The first-order chi connectivity index (χ1) is 14.8. The van der Waals surface area contributed by atoms with Crippen molar-refractivity contribution in [2.75, 3.05) is 31.2 Å². The van der Waals surface area contributed by atoms with Gasteiger partial charge in [0.1, 0.15) is 17.7 Å². The zero-order valence-electron chi connectivity index (χ0n) is 16.8. The molecule has 30 heavy (non-hydrogen) atoms. The van der Waals surface area contributed by atoms with E-state index in [1.165, 1.54) is 6.20 Å². The summed E-state index contributed by atoms with van der Waals surface area (Å²) in [6, 6.07) is 3.64. The molecule has 3 aromatic rings. The number of hydrogen-bond acceptors (Lipinski definition) is 8. The summed E-state index contributed by atoms with van der Waals surface area (Å²) in [5, 5.41) is 10.7. The predicted octanol–water partition coefficient (Wildman–Crippen LogP) is 3.07. The number of nitrogens with zero attached hydrogens (tertiary/aromatic N) is 5. The molecule has 0 bridgehead atoms. The van der Waals surface area contributed by atoms with Crippen molar-refractivity contribution in [2.45, 2.75) is 37.7 Å². The van der Waals surface area contributed by atoms with E-state index in [1.807, 2.05) is 12.3 Å². The van der Waals surface area contributed by atoms with E-state index in [4.69, 9.17) is 14.5 Å². The maximum absolute atomic E-state index is 9.95. The van der Waals surface area contributed by atoms with Gasteiger partial charge in [-0.2, -0.15) is 4.98 Å². The summed E-state index contributed by atoms with van der Waals surface area (Å²) in [7, 11) is 0. The van der Waals surface area contributed by atoms with Crippen LogP contribution in [-0.2, 0) is 4.74 Å². The molecular weight excluding hydrogens is 382 g/mol. The topological polar surface area (TPSA) is 93.5 Å². The van der Waals surface area contributed by atoms with E-state index in [0.717, 1.165) is 61.2 Å². The van der Waals surface area contributed by atoms with Crippen LogP contribution in [0.2, 0.25) is 0 Å². The van der Waals surface area contributed by atoms with E-state index < -0.39 is 0 Å². The fraction of sp³-hybridized carbons (Fsp3) is 0.455. The first-order valence-corrected chi connectivity index (χ1v) is 10.5. The van der Waals surface area contributed by atoms with Crippen LogP contribution in [0.3, 0.4) is 0 Å². The highest BCUT2D eigenvalue weighted by Gasteiger charge is 2.26. The van der Waals surface area contributed by atoms with Gasteiger partial charge in [-0.3, -0.25) is 15.0 Å². The van der Waals surface area contributed by atoms with Crippen molar-refractivity contribution in [1.82, 2.24) is 19.9 Å². The fourth-order valence-electron chi connectivity index (χ4n) is 4.27. The van der Waals surface area contributed by atoms with Gasteiger partial charge in [0.15, 0.2) is 0 Å². The number of aromatic nitrogens is 4. The number of hydrogen-bond donors (Lipinski definition) is 1. The maximum atomic E-state index is 9.95. The number of fused-ring (bicyclic) bond motifs is 1. The minimum absolute atomic E-state index is 0.0795. The summed E-state index contributed by atoms with van der Waals surface area (Å²) in [5.41, 5.74) is 1.83. The fourth-order valence-corrected chi connectivity index (χ4v) is 4.27. The van der Waals surface area contributed by atoms with Crippen molar-refractivity contribution in [2.24, 2.45) is 0 Å². The Morgan fingerprint density at radius 3 is 2.60 bits per heavy atom. The second kappa shape index (κ2) is 8.39. The number of pyridine rings is 2. The molecule has 4 heterocycles. The Kier molecular flexibility index (Phi) is 5.31. The summed E-state index contributed by atoms with van der Waals surface area (Å²) in [6.45, 7) is 2.95. The van der Waals surface area contributed by atoms with E-state index in [2.05, 4.69) is 19.9 Å². The van der Waals surface area contributed by atoms with Crippen molar-refractivity contribution in [1.29, 1.82) is 0 Å². The van der Waals surface area contributed by atoms with E-state index in [9.17, 15) is 5.11 Å². The molecule has 1 N–H and O–H groups in total. The zero-order valence-corrected chi connectivity index (χ0v) is 16.8. The molecule has 3 aromatic heterocycles. The zero-order chi connectivity index (χ0) is 20.3. The van der Waals surface area contributed by atoms with Crippen LogP contribution in [0.5, 0.6) is 11.6 Å². The molecule has 0 spiro atoms. The molecule has 8 heteroatoms. The predicted molar refractivity (Wildman–Crippen MR) is 112 cm³/mol. The van der Waals surface area contributed by atoms with Crippen molar-refractivity contribution in [3.8, 4) is 11.6 Å². The molecule has 0 radical (unpaired) electrons. The number of anilines is 1. The number of morpholine rings is 1.